The first-order chi connectivity index (χ1) is 27.8. The van der Waals surface area contributed by atoms with E-state index >= 15 is 0 Å². The summed E-state index contributed by atoms with van der Waals surface area (Å²) in [5, 5.41) is 10.3. The van der Waals surface area contributed by atoms with Crippen LogP contribution in [0.15, 0.2) is 194 Å². The van der Waals surface area contributed by atoms with E-state index in [0.29, 0.717) is 17.5 Å². The number of rotatable bonds is 5. The van der Waals surface area contributed by atoms with Crippen molar-refractivity contribution in [1.82, 2.24) is 19.9 Å². The second kappa shape index (κ2) is 13.1. The number of para-hydroxylation sites is 1. The average Bonchev–Trinajstić information content (AvgIpc) is 3.28. The van der Waals surface area contributed by atoms with Gasteiger partial charge in [0.2, 0.25) is 0 Å². The molecule has 0 saturated heterocycles. The van der Waals surface area contributed by atoms with Crippen molar-refractivity contribution in [3.63, 3.8) is 0 Å². The summed E-state index contributed by atoms with van der Waals surface area (Å²) in [5.74, 6) is 1.93. The van der Waals surface area contributed by atoms with E-state index in [1.807, 2.05) is 36.4 Å². The first-order valence-corrected chi connectivity index (χ1v) is 18.9. The molecule has 0 atom stereocenters. The van der Waals surface area contributed by atoms with E-state index in [1.54, 1.807) is 0 Å². The molecular weight excluding hydrogens is 681 g/mol. The van der Waals surface area contributed by atoms with Crippen LogP contribution in [0.1, 0.15) is 0 Å². The molecule has 2 heterocycles. The quantitative estimate of drug-likeness (QED) is 0.132. The topological polar surface area (TPSA) is 51.6 Å². The van der Waals surface area contributed by atoms with Crippen LogP contribution in [0.3, 0.4) is 0 Å². The fraction of sp³-hybridized carbons (Fsp3) is 0. The van der Waals surface area contributed by atoms with Crippen molar-refractivity contribution in [1.29, 1.82) is 0 Å². The molecule has 0 aliphatic carbocycles. The molecule has 9 aromatic carbocycles. The van der Waals surface area contributed by atoms with E-state index < -0.39 is 0 Å². The summed E-state index contributed by atoms with van der Waals surface area (Å²) >= 11 is 0. The molecule has 0 unspecified atom stereocenters. The van der Waals surface area contributed by atoms with E-state index in [0.717, 1.165) is 65.8 Å². The van der Waals surface area contributed by atoms with Crippen LogP contribution in [0.25, 0.3) is 111 Å². The van der Waals surface area contributed by atoms with Gasteiger partial charge >= 0.3 is 0 Å². The minimum atomic E-state index is 0.643. The standard InChI is InChI=1S/C52H32N4/c1-4-17-33(18-5-1)49-44-32-31-36-37(28-16-29-38(36)47(44)43-27-14-15-30-45(43)53-49)46-39-23-10-12-25-41(39)48(42-26-13-11-24-40(42)46)52-55-50(34-19-6-2-7-20-34)54-51(56-52)35-21-8-3-9-22-35/h1-32H. The third-order valence-corrected chi connectivity index (χ3v) is 10.9. The molecule has 0 fully saturated rings. The molecule has 0 N–H and O–H groups in total. The Kier molecular flexibility index (Phi) is 7.46. The Bertz CT molecular complexity index is 3170. The fourth-order valence-electron chi connectivity index (χ4n) is 8.42. The van der Waals surface area contributed by atoms with Crippen molar-refractivity contribution in [3.05, 3.63) is 194 Å². The Morgan fingerprint density at radius 3 is 1.29 bits per heavy atom. The highest BCUT2D eigenvalue weighted by molar-refractivity contribution is 6.27. The van der Waals surface area contributed by atoms with Gasteiger partial charge in [0.15, 0.2) is 17.5 Å². The predicted octanol–water partition coefficient (Wildman–Crippen LogP) is 13.4. The molecule has 0 aliphatic heterocycles. The minimum Gasteiger partial charge on any atom is -0.247 e. The van der Waals surface area contributed by atoms with Gasteiger partial charge < -0.3 is 0 Å². The van der Waals surface area contributed by atoms with E-state index in [9.17, 15) is 0 Å². The summed E-state index contributed by atoms with van der Waals surface area (Å²) in [4.78, 5) is 20.7. The van der Waals surface area contributed by atoms with E-state index in [1.165, 1.54) is 27.3 Å². The Labute approximate surface area is 323 Å². The average molecular weight is 713 g/mol. The van der Waals surface area contributed by atoms with E-state index in [4.69, 9.17) is 19.9 Å². The molecule has 260 valence electrons. The zero-order valence-electron chi connectivity index (χ0n) is 30.3. The summed E-state index contributed by atoms with van der Waals surface area (Å²) < 4.78 is 0. The molecule has 11 rings (SSSR count). The normalized spacial score (nSPS) is 11.6. The Hall–Kier alpha value is -7.56. The second-order valence-electron chi connectivity index (χ2n) is 14.1. The summed E-state index contributed by atoms with van der Waals surface area (Å²) in [6.07, 6.45) is 0. The van der Waals surface area contributed by atoms with Gasteiger partial charge in [-0.3, -0.25) is 0 Å². The van der Waals surface area contributed by atoms with Gasteiger partial charge in [0.05, 0.1) is 11.2 Å². The summed E-state index contributed by atoms with van der Waals surface area (Å²) in [6, 6.07) is 68.1. The third kappa shape index (κ3) is 5.15. The summed E-state index contributed by atoms with van der Waals surface area (Å²) in [6.45, 7) is 0. The molecule has 4 heteroatoms. The summed E-state index contributed by atoms with van der Waals surface area (Å²) in [5.41, 5.74) is 8.33. The number of nitrogens with zero attached hydrogens (tertiary/aromatic N) is 4. The Morgan fingerprint density at radius 2 is 0.696 bits per heavy atom. The van der Waals surface area contributed by atoms with E-state index in [2.05, 4.69) is 158 Å². The van der Waals surface area contributed by atoms with Gasteiger partial charge in [-0.15, -0.1) is 0 Å². The van der Waals surface area contributed by atoms with Crippen LogP contribution in [0.5, 0.6) is 0 Å². The van der Waals surface area contributed by atoms with Gasteiger partial charge in [-0.2, -0.15) is 0 Å². The molecule has 0 radical (unpaired) electrons. The maximum absolute atomic E-state index is 5.22. The largest absolute Gasteiger partial charge is 0.247 e. The fourth-order valence-corrected chi connectivity index (χ4v) is 8.42. The van der Waals surface area contributed by atoms with Crippen molar-refractivity contribution in [2.24, 2.45) is 0 Å². The smallest absolute Gasteiger partial charge is 0.165 e. The van der Waals surface area contributed by atoms with Crippen LogP contribution in [-0.4, -0.2) is 19.9 Å². The lowest BCUT2D eigenvalue weighted by Gasteiger charge is -2.19. The zero-order chi connectivity index (χ0) is 37.0. The molecule has 2 aromatic heterocycles. The maximum atomic E-state index is 5.22. The molecule has 0 bridgehead atoms. The van der Waals surface area contributed by atoms with Crippen LogP contribution in [0.4, 0.5) is 0 Å². The lowest BCUT2D eigenvalue weighted by Crippen LogP contribution is -2.01. The van der Waals surface area contributed by atoms with Crippen LogP contribution >= 0.6 is 0 Å². The highest BCUT2D eigenvalue weighted by Crippen LogP contribution is 2.46. The molecule has 0 spiro atoms. The van der Waals surface area contributed by atoms with Crippen LogP contribution in [0, 0.1) is 0 Å². The molecular formula is C52H32N4. The Balaban J connectivity index is 1.22. The van der Waals surface area contributed by atoms with Crippen LogP contribution in [0.2, 0.25) is 0 Å². The van der Waals surface area contributed by atoms with Gasteiger partial charge in [-0.05, 0) is 49.5 Å². The highest BCUT2D eigenvalue weighted by atomic mass is 15.0. The molecule has 0 amide bonds. The van der Waals surface area contributed by atoms with Gasteiger partial charge in [-0.25, -0.2) is 19.9 Å². The zero-order valence-corrected chi connectivity index (χ0v) is 30.3. The number of aromatic nitrogens is 4. The van der Waals surface area contributed by atoms with Gasteiger partial charge in [-0.1, -0.05) is 188 Å². The van der Waals surface area contributed by atoms with Crippen molar-refractivity contribution in [2.75, 3.05) is 0 Å². The van der Waals surface area contributed by atoms with Gasteiger partial charge in [0.25, 0.3) is 0 Å². The lowest BCUT2D eigenvalue weighted by molar-refractivity contribution is 1.08. The predicted molar refractivity (Wildman–Crippen MR) is 232 cm³/mol. The first-order valence-electron chi connectivity index (χ1n) is 18.9. The molecule has 56 heavy (non-hydrogen) atoms. The molecule has 4 nitrogen and oxygen atoms in total. The van der Waals surface area contributed by atoms with Gasteiger partial charge in [0, 0.05) is 38.4 Å². The van der Waals surface area contributed by atoms with Crippen LogP contribution < -0.4 is 0 Å². The first kappa shape index (κ1) is 31.9. The SMILES string of the molecule is c1ccc(-c2nc(-c3ccccc3)nc(-c3c4ccccc4c(-c4cccc5c4ccc4c(-c6ccccc6)nc6ccccc6c45)c4ccccc34)n2)cc1. The monoisotopic (exact) mass is 712 g/mol. The number of benzene rings is 9. The van der Waals surface area contributed by atoms with Crippen molar-refractivity contribution < 1.29 is 0 Å². The molecule has 0 aliphatic rings. The Morgan fingerprint density at radius 1 is 0.250 bits per heavy atom. The number of pyridine rings is 1. The van der Waals surface area contributed by atoms with Crippen molar-refractivity contribution in [2.45, 2.75) is 0 Å². The second-order valence-corrected chi connectivity index (χ2v) is 14.1. The van der Waals surface area contributed by atoms with Crippen molar-refractivity contribution in [3.8, 4) is 56.5 Å². The number of fused-ring (bicyclic) bond motifs is 7. The third-order valence-electron chi connectivity index (χ3n) is 10.9. The number of hydrogen-bond acceptors (Lipinski definition) is 4. The van der Waals surface area contributed by atoms with Gasteiger partial charge in [0.1, 0.15) is 0 Å². The maximum Gasteiger partial charge on any atom is 0.165 e. The molecule has 11 aromatic rings. The minimum absolute atomic E-state index is 0.643. The highest BCUT2D eigenvalue weighted by Gasteiger charge is 2.22. The number of hydrogen-bond donors (Lipinski definition) is 0. The van der Waals surface area contributed by atoms with Crippen LogP contribution in [-0.2, 0) is 0 Å². The van der Waals surface area contributed by atoms with Crippen molar-refractivity contribution >= 4 is 54.0 Å². The van der Waals surface area contributed by atoms with E-state index in [-0.39, 0.29) is 0 Å². The summed E-state index contributed by atoms with van der Waals surface area (Å²) in [7, 11) is 0. The lowest BCUT2D eigenvalue weighted by atomic mass is 9.85. The molecule has 0 saturated carbocycles.